The van der Waals surface area contributed by atoms with Crippen LogP contribution in [-0.4, -0.2) is 59.9 Å². The van der Waals surface area contributed by atoms with Crippen LogP contribution in [-0.2, 0) is 13.6 Å². The topological polar surface area (TPSA) is 82.6 Å². The maximum absolute atomic E-state index is 13.2. The van der Waals surface area contributed by atoms with Gasteiger partial charge in [-0.15, -0.1) is 0 Å². The van der Waals surface area contributed by atoms with Gasteiger partial charge in [0.15, 0.2) is 0 Å². The van der Waals surface area contributed by atoms with Crippen LogP contribution >= 0.6 is 11.6 Å². The predicted molar refractivity (Wildman–Crippen MR) is 137 cm³/mol. The van der Waals surface area contributed by atoms with Gasteiger partial charge in [0.1, 0.15) is 0 Å². The van der Waals surface area contributed by atoms with E-state index in [-0.39, 0.29) is 18.0 Å². The van der Waals surface area contributed by atoms with Gasteiger partial charge < -0.3 is 19.9 Å². The Morgan fingerprint density at radius 3 is 2.44 bits per heavy atom. The van der Waals surface area contributed by atoms with E-state index >= 15 is 0 Å². The molecular formula is C25H38ClN5O3. The van der Waals surface area contributed by atoms with Crippen LogP contribution in [0.2, 0.25) is 5.02 Å². The number of aromatic nitrogens is 2. The van der Waals surface area contributed by atoms with Crippen LogP contribution in [0.1, 0.15) is 61.0 Å². The van der Waals surface area contributed by atoms with E-state index in [1.54, 1.807) is 13.1 Å². The van der Waals surface area contributed by atoms with Crippen LogP contribution in [0, 0.1) is 6.92 Å². The van der Waals surface area contributed by atoms with Crippen molar-refractivity contribution >= 4 is 23.2 Å². The van der Waals surface area contributed by atoms with Crippen LogP contribution in [0.15, 0.2) is 16.9 Å². The first-order valence-electron chi connectivity index (χ1n) is 12.1. The van der Waals surface area contributed by atoms with Gasteiger partial charge in [-0.05, 0) is 78.2 Å². The molecule has 188 valence electrons. The lowest BCUT2D eigenvalue weighted by atomic mass is 9.89. The zero-order valence-electron chi connectivity index (χ0n) is 21.2. The highest BCUT2D eigenvalue weighted by Gasteiger charge is 2.28. The number of halogens is 1. The number of nitrogens with zero attached hydrogens (tertiary/aromatic N) is 3. The summed E-state index contributed by atoms with van der Waals surface area (Å²) in [5, 5.41) is 6.09. The van der Waals surface area contributed by atoms with Crippen molar-refractivity contribution in [3.63, 3.8) is 0 Å². The van der Waals surface area contributed by atoms with Gasteiger partial charge in [-0.3, -0.25) is 19.4 Å². The molecule has 1 fully saturated rings. The number of ether oxygens (including phenoxy) is 1. The van der Waals surface area contributed by atoms with Crippen molar-refractivity contribution in [2.45, 2.75) is 65.1 Å². The Kier molecular flexibility index (Phi) is 8.71. The third-order valence-corrected chi connectivity index (χ3v) is 7.11. The molecule has 0 unspecified atom stereocenters. The predicted octanol–water partition coefficient (Wildman–Crippen LogP) is 3.70. The number of rotatable bonds is 9. The molecule has 0 spiro atoms. The van der Waals surface area contributed by atoms with Crippen molar-refractivity contribution in [1.82, 2.24) is 20.0 Å². The molecule has 1 amide bonds. The van der Waals surface area contributed by atoms with E-state index in [9.17, 15) is 9.59 Å². The summed E-state index contributed by atoms with van der Waals surface area (Å²) in [6, 6.07) is 4.71. The first kappa shape index (κ1) is 26.2. The largest absolute Gasteiger partial charge is 0.478 e. The number of aromatic amines is 1. The van der Waals surface area contributed by atoms with Crippen LogP contribution in [0.4, 0.5) is 5.69 Å². The lowest BCUT2D eigenvalue weighted by Crippen LogP contribution is -2.42. The molecule has 1 heterocycles. The summed E-state index contributed by atoms with van der Waals surface area (Å²) in [5.41, 5.74) is 2.53. The van der Waals surface area contributed by atoms with Gasteiger partial charge in [-0.2, -0.15) is 0 Å². The summed E-state index contributed by atoms with van der Waals surface area (Å²) >= 11 is 6.49. The van der Waals surface area contributed by atoms with E-state index in [0.29, 0.717) is 40.7 Å². The normalized spacial score (nSPS) is 18.2. The number of carbonyl (C=O) groups excluding carboxylic acids is 1. The molecule has 9 heteroatoms. The molecule has 2 N–H and O–H groups in total. The van der Waals surface area contributed by atoms with E-state index in [0.717, 1.165) is 43.5 Å². The van der Waals surface area contributed by atoms with E-state index < -0.39 is 0 Å². The molecule has 1 aromatic carbocycles. The fraction of sp³-hybridized carbons (Fsp3) is 0.600. The van der Waals surface area contributed by atoms with Crippen LogP contribution in [0.3, 0.4) is 0 Å². The smallest absolute Gasteiger partial charge is 0.273 e. The van der Waals surface area contributed by atoms with Gasteiger partial charge in [-0.25, -0.2) is 0 Å². The minimum absolute atomic E-state index is 0.0671. The van der Waals surface area contributed by atoms with Crippen LogP contribution < -0.4 is 20.5 Å². The molecule has 1 saturated carbocycles. The summed E-state index contributed by atoms with van der Waals surface area (Å²) in [5.74, 6) is 0.168. The van der Waals surface area contributed by atoms with Gasteiger partial charge in [0.05, 0.1) is 18.7 Å². The van der Waals surface area contributed by atoms with Gasteiger partial charge in [0.2, 0.25) is 5.88 Å². The van der Waals surface area contributed by atoms with Crippen molar-refractivity contribution in [2.75, 3.05) is 32.1 Å². The number of aryl methyl sites for hydroxylation is 1. The number of amides is 1. The molecule has 3 rings (SSSR count). The molecule has 0 radical (unpaired) electrons. The fourth-order valence-electron chi connectivity index (χ4n) is 5.02. The van der Waals surface area contributed by atoms with Crippen molar-refractivity contribution in [3.05, 3.63) is 44.2 Å². The van der Waals surface area contributed by atoms with E-state index in [2.05, 4.69) is 41.2 Å². The van der Waals surface area contributed by atoms with Crippen LogP contribution in [0.25, 0.3) is 0 Å². The number of H-pyrrole nitrogens is 1. The van der Waals surface area contributed by atoms with Crippen LogP contribution in [0.5, 0.6) is 5.88 Å². The standard InChI is InChI=1S/C25H38ClN5O3/c1-7-31(19-11-9-18(10-12-19)29(4)5)22-14-17(26)13-20(16(22)3)23(32)27-15-21-24(33)28-30(6)25(21)34-8-2/h13-14,18-19H,7-12,15H2,1-6H3,(H,27,32)(H,28,33). The molecule has 0 atom stereocenters. The first-order chi connectivity index (χ1) is 16.2. The summed E-state index contributed by atoms with van der Waals surface area (Å²) in [4.78, 5) is 30.2. The second-order valence-electron chi connectivity index (χ2n) is 9.21. The third kappa shape index (κ3) is 5.61. The average Bonchev–Trinajstić information content (AvgIpc) is 3.07. The summed E-state index contributed by atoms with van der Waals surface area (Å²) < 4.78 is 7.10. The molecule has 8 nitrogen and oxygen atoms in total. The average molecular weight is 492 g/mol. The van der Waals surface area contributed by atoms with Crippen molar-refractivity contribution < 1.29 is 9.53 Å². The monoisotopic (exact) mass is 491 g/mol. The number of carbonyl (C=O) groups is 1. The van der Waals surface area contributed by atoms with Gasteiger partial charge in [0, 0.05) is 41.9 Å². The molecule has 34 heavy (non-hydrogen) atoms. The highest BCUT2D eigenvalue weighted by molar-refractivity contribution is 6.31. The first-order valence-corrected chi connectivity index (χ1v) is 12.5. The second-order valence-corrected chi connectivity index (χ2v) is 9.65. The molecular weight excluding hydrogens is 454 g/mol. The summed E-state index contributed by atoms with van der Waals surface area (Å²) in [6.45, 7) is 7.30. The Labute approximate surface area is 207 Å². The highest BCUT2D eigenvalue weighted by Crippen LogP contribution is 2.34. The Bertz CT molecular complexity index is 1050. The number of anilines is 1. The van der Waals surface area contributed by atoms with Gasteiger partial charge in [-0.1, -0.05) is 11.6 Å². The zero-order chi connectivity index (χ0) is 25.0. The fourth-order valence-corrected chi connectivity index (χ4v) is 5.23. The third-order valence-electron chi connectivity index (χ3n) is 6.89. The number of benzene rings is 1. The van der Waals surface area contributed by atoms with Gasteiger partial charge in [0.25, 0.3) is 11.5 Å². The molecule has 1 aliphatic rings. The molecule has 0 bridgehead atoms. The zero-order valence-corrected chi connectivity index (χ0v) is 22.0. The Balaban J connectivity index is 1.81. The molecule has 1 aliphatic carbocycles. The minimum atomic E-state index is -0.278. The van der Waals surface area contributed by atoms with E-state index in [1.807, 2.05) is 19.9 Å². The maximum atomic E-state index is 13.2. The number of hydrogen-bond donors (Lipinski definition) is 2. The van der Waals surface area contributed by atoms with Crippen molar-refractivity contribution in [2.24, 2.45) is 7.05 Å². The SMILES string of the molecule is CCOc1c(CNC(=O)c2cc(Cl)cc(N(CC)C3CCC(N(C)C)CC3)c2C)c(=O)[nH]n1C. The Morgan fingerprint density at radius 1 is 1.21 bits per heavy atom. The number of nitrogens with one attached hydrogen (secondary N) is 2. The number of hydrogen-bond acceptors (Lipinski definition) is 5. The Morgan fingerprint density at radius 2 is 1.85 bits per heavy atom. The van der Waals surface area contributed by atoms with Crippen molar-refractivity contribution in [3.8, 4) is 5.88 Å². The lowest BCUT2D eigenvalue weighted by Gasteiger charge is -2.40. The highest BCUT2D eigenvalue weighted by atomic mass is 35.5. The van der Waals surface area contributed by atoms with Gasteiger partial charge >= 0.3 is 0 Å². The summed E-state index contributed by atoms with van der Waals surface area (Å²) in [7, 11) is 6.00. The van der Waals surface area contributed by atoms with E-state index in [1.165, 1.54) is 4.68 Å². The molecule has 2 aromatic rings. The molecule has 0 aliphatic heterocycles. The van der Waals surface area contributed by atoms with E-state index in [4.69, 9.17) is 16.3 Å². The molecule has 1 aromatic heterocycles. The maximum Gasteiger partial charge on any atom is 0.273 e. The quantitative estimate of drug-likeness (QED) is 0.559. The summed E-state index contributed by atoms with van der Waals surface area (Å²) in [6.07, 6.45) is 4.55. The second kappa shape index (κ2) is 11.3. The Hall–Kier alpha value is -2.45. The lowest BCUT2D eigenvalue weighted by molar-refractivity contribution is 0.0950. The van der Waals surface area contributed by atoms with Crippen molar-refractivity contribution in [1.29, 1.82) is 0 Å². The molecule has 0 saturated heterocycles. The minimum Gasteiger partial charge on any atom is -0.478 e.